The first-order valence-corrected chi connectivity index (χ1v) is 7.20. The molecule has 1 atom stereocenters. The second-order valence-corrected chi connectivity index (χ2v) is 5.03. The van der Waals surface area contributed by atoms with Crippen LogP contribution in [-0.2, 0) is 6.42 Å². The Labute approximate surface area is 120 Å². The molecular formula is C17H20ClN. The normalized spacial score (nSPS) is 12.4. The molecule has 0 aliphatic rings. The summed E-state index contributed by atoms with van der Waals surface area (Å²) in [6.07, 6.45) is 1.05. The molecule has 0 spiro atoms. The largest absolute Gasteiger partial charge is 0.307 e. The van der Waals surface area contributed by atoms with Gasteiger partial charge in [-0.2, -0.15) is 0 Å². The highest BCUT2D eigenvalue weighted by molar-refractivity contribution is 6.30. The monoisotopic (exact) mass is 273 g/mol. The number of halogens is 1. The molecule has 1 nitrogen and oxygen atoms in total. The van der Waals surface area contributed by atoms with Gasteiger partial charge in [-0.1, -0.05) is 61.8 Å². The summed E-state index contributed by atoms with van der Waals surface area (Å²) in [4.78, 5) is 0. The van der Waals surface area contributed by atoms with Gasteiger partial charge in [-0.3, -0.25) is 0 Å². The summed E-state index contributed by atoms with van der Waals surface area (Å²) in [6.45, 7) is 5.27. The van der Waals surface area contributed by atoms with Gasteiger partial charge in [-0.15, -0.1) is 0 Å². The van der Waals surface area contributed by atoms with Crippen LogP contribution in [0.1, 0.15) is 36.6 Å². The maximum absolute atomic E-state index is 5.98. The van der Waals surface area contributed by atoms with Crippen LogP contribution in [0.15, 0.2) is 48.5 Å². The molecule has 2 aromatic carbocycles. The predicted molar refractivity (Wildman–Crippen MR) is 82.8 cm³/mol. The van der Waals surface area contributed by atoms with Crippen LogP contribution in [-0.4, -0.2) is 6.54 Å². The first kappa shape index (κ1) is 14.1. The van der Waals surface area contributed by atoms with Gasteiger partial charge >= 0.3 is 0 Å². The summed E-state index contributed by atoms with van der Waals surface area (Å²) in [5, 5.41) is 4.35. The maximum atomic E-state index is 5.98. The van der Waals surface area contributed by atoms with Gasteiger partial charge < -0.3 is 5.32 Å². The number of aryl methyl sites for hydroxylation is 1. The maximum Gasteiger partial charge on any atom is 0.0579 e. The molecule has 0 aliphatic heterocycles. The average Bonchev–Trinajstić information content (AvgIpc) is 2.46. The van der Waals surface area contributed by atoms with Gasteiger partial charge in [-0.05, 0) is 41.8 Å². The zero-order valence-electron chi connectivity index (χ0n) is 11.5. The van der Waals surface area contributed by atoms with Crippen molar-refractivity contribution in [1.29, 1.82) is 0 Å². The van der Waals surface area contributed by atoms with Gasteiger partial charge in [0.05, 0.1) is 6.04 Å². The highest BCUT2D eigenvalue weighted by atomic mass is 35.5. The van der Waals surface area contributed by atoms with Crippen molar-refractivity contribution in [3.05, 3.63) is 70.2 Å². The Morgan fingerprint density at radius 3 is 2.32 bits per heavy atom. The molecule has 100 valence electrons. The van der Waals surface area contributed by atoms with E-state index in [1.165, 1.54) is 16.7 Å². The molecule has 0 radical (unpaired) electrons. The number of rotatable bonds is 5. The number of nitrogens with one attached hydrogen (secondary N) is 1. The van der Waals surface area contributed by atoms with E-state index >= 15 is 0 Å². The Hall–Kier alpha value is -1.31. The predicted octanol–water partition coefficient (Wildman–Crippen LogP) is 4.60. The lowest BCUT2D eigenvalue weighted by molar-refractivity contribution is 0.625. The summed E-state index contributed by atoms with van der Waals surface area (Å²) in [7, 11) is 0. The molecule has 1 unspecified atom stereocenters. The third-order valence-corrected chi connectivity index (χ3v) is 3.61. The first-order chi connectivity index (χ1) is 9.26. The van der Waals surface area contributed by atoms with E-state index in [1.807, 2.05) is 12.1 Å². The zero-order valence-corrected chi connectivity index (χ0v) is 12.2. The lowest BCUT2D eigenvalue weighted by atomic mass is 9.93. The minimum Gasteiger partial charge on any atom is -0.307 e. The number of hydrogen-bond donors (Lipinski definition) is 1. The van der Waals surface area contributed by atoms with E-state index in [2.05, 4.69) is 55.6 Å². The van der Waals surface area contributed by atoms with Gasteiger partial charge in [0, 0.05) is 5.02 Å². The fraction of sp³-hybridized carbons (Fsp3) is 0.294. The molecule has 0 amide bonds. The fourth-order valence-electron chi connectivity index (χ4n) is 2.40. The van der Waals surface area contributed by atoms with E-state index in [0.717, 1.165) is 18.0 Å². The standard InChI is InChI=1S/C17H20ClN/c1-3-13-7-5-6-8-16(13)17(19-4-2)14-9-11-15(18)12-10-14/h5-12,17,19H,3-4H2,1-2H3. The average molecular weight is 274 g/mol. The van der Waals surface area contributed by atoms with Gasteiger partial charge in [0.2, 0.25) is 0 Å². The second kappa shape index (κ2) is 6.74. The topological polar surface area (TPSA) is 12.0 Å². The quantitative estimate of drug-likeness (QED) is 0.839. The van der Waals surface area contributed by atoms with Crippen molar-refractivity contribution >= 4 is 11.6 Å². The molecule has 0 heterocycles. The van der Waals surface area contributed by atoms with E-state index in [0.29, 0.717) is 0 Å². The highest BCUT2D eigenvalue weighted by Crippen LogP contribution is 2.26. The van der Waals surface area contributed by atoms with E-state index in [4.69, 9.17) is 11.6 Å². The Morgan fingerprint density at radius 2 is 1.68 bits per heavy atom. The van der Waals surface area contributed by atoms with E-state index in [-0.39, 0.29) is 6.04 Å². The van der Waals surface area contributed by atoms with Crippen molar-refractivity contribution in [1.82, 2.24) is 5.32 Å². The van der Waals surface area contributed by atoms with Crippen molar-refractivity contribution in [3.8, 4) is 0 Å². The number of benzene rings is 2. The molecule has 0 saturated heterocycles. The molecule has 0 fully saturated rings. The lowest BCUT2D eigenvalue weighted by Crippen LogP contribution is -2.23. The Bertz CT molecular complexity index is 519. The van der Waals surface area contributed by atoms with E-state index in [1.54, 1.807) is 0 Å². The summed E-state index contributed by atoms with van der Waals surface area (Å²) < 4.78 is 0. The molecule has 0 saturated carbocycles. The third kappa shape index (κ3) is 3.37. The molecule has 19 heavy (non-hydrogen) atoms. The van der Waals surface area contributed by atoms with E-state index < -0.39 is 0 Å². The minimum atomic E-state index is 0.235. The van der Waals surface area contributed by atoms with Gasteiger partial charge in [0.25, 0.3) is 0 Å². The summed E-state index contributed by atoms with van der Waals surface area (Å²) in [5.74, 6) is 0. The molecular weight excluding hydrogens is 254 g/mol. The van der Waals surface area contributed by atoms with Crippen molar-refractivity contribution < 1.29 is 0 Å². The van der Waals surface area contributed by atoms with Crippen LogP contribution in [0.3, 0.4) is 0 Å². The Kier molecular flexibility index (Phi) is 5.00. The van der Waals surface area contributed by atoms with Crippen molar-refractivity contribution in [2.75, 3.05) is 6.54 Å². The van der Waals surface area contributed by atoms with Gasteiger partial charge in [0.15, 0.2) is 0 Å². The van der Waals surface area contributed by atoms with Crippen LogP contribution in [0.2, 0.25) is 5.02 Å². The van der Waals surface area contributed by atoms with Crippen LogP contribution in [0, 0.1) is 0 Å². The van der Waals surface area contributed by atoms with E-state index in [9.17, 15) is 0 Å². The van der Waals surface area contributed by atoms with Crippen LogP contribution < -0.4 is 5.32 Å². The van der Waals surface area contributed by atoms with Gasteiger partial charge in [-0.25, -0.2) is 0 Å². The molecule has 0 aliphatic carbocycles. The van der Waals surface area contributed by atoms with Crippen molar-refractivity contribution in [2.45, 2.75) is 26.3 Å². The Balaban J connectivity index is 2.42. The second-order valence-electron chi connectivity index (χ2n) is 4.59. The SMILES string of the molecule is CCNC(c1ccc(Cl)cc1)c1ccccc1CC. The molecule has 2 rings (SSSR count). The highest BCUT2D eigenvalue weighted by Gasteiger charge is 2.15. The van der Waals surface area contributed by atoms with Crippen LogP contribution >= 0.6 is 11.6 Å². The van der Waals surface area contributed by atoms with Crippen molar-refractivity contribution in [3.63, 3.8) is 0 Å². The minimum absolute atomic E-state index is 0.235. The zero-order chi connectivity index (χ0) is 13.7. The summed E-state index contributed by atoms with van der Waals surface area (Å²) >= 11 is 5.98. The van der Waals surface area contributed by atoms with Crippen molar-refractivity contribution in [2.24, 2.45) is 0 Å². The van der Waals surface area contributed by atoms with Crippen LogP contribution in [0.4, 0.5) is 0 Å². The first-order valence-electron chi connectivity index (χ1n) is 6.83. The molecule has 0 bridgehead atoms. The summed E-state index contributed by atoms with van der Waals surface area (Å²) in [6, 6.07) is 17.0. The molecule has 2 aromatic rings. The molecule has 2 heteroatoms. The smallest absolute Gasteiger partial charge is 0.0579 e. The van der Waals surface area contributed by atoms with Crippen LogP contribution in [0.5, 0.6) is 0 Å². The molecule has 0 aromatic heterocycles. The van der Waals surface area contributed by atoms with Crippen LogP contribution in [0.25, 0.3) is 0 Å². The Morgan fingerprint density at radius 1 is 1.00 bits per heavy atom. The lowest BCUT2D eigenvalue weighted by Gasteiger charge is -2.21. The fourth-order valence-corrected chi connectivity index (χ4v) is 2.53. The van der Waals surface area contributed by atoms with Gasteiger partial charge in [0.1, 0.15) is 0 Å². The number of hydrogen-bond acceptors (Lipinski definition) is 1. The molecule has 1 N–H and O–H groups in total. The summed E-state index contributed by atoms with van der Waals surface area (Å²) in [5.41, 5.74) is 4.00. The third-order valence-electron chi connectivity index (χ3n) is 3.36.